The monoisotopic (exact) mass is 235 g/mol. The summed E-state index contributed by atoms with van der Waals surface area (Å²) < 4.78 is 0. The van der Waals surface area contributed by atoms with E-state index < -0.39 is 0 Å². The number of anilines is 1. The molecule has 2 unspecified atom stereocenters. The number of nitrogens with zero attached hydrogens (tertiary/aromatic N) is 2. The highest BCUT2D eigenvalue weighted by Crippen LogP contribution is 2.28. The molecule has 0 spiro atoms. The third-order valence-corrected chi connectivity index (χ3v) is 3.33. The lowest BCUT2D eigenvalue weighted by Crippen LogP contribution is -2.31. The first-order chi connectivity index (χ1) is 8.20. The minimum absolute atomic E-state index is 0.239. The van der Waals surface area contributed by atoms with Crippen molar-refractivity contribution in [2.75, 3.05) is 11.4 Å². The number of pyridine rings is 1. The number of aliphatic hydroxyl groups excluding tert-OH is 1. The molecule has 0 aromatic carbocycles. The summed E-state index contributed by atoms with van der Waals surface area (Å²) in [6, 6.07) is 4.53. The Morgan fingerprint density at radius 2 is 2.47 bits per heavy atom. The van der Waals surface area contributed by atoms with Crippen molar-refractivity contribution in [3.05, 3.63) is 24.0 Å². The van der Waals surface area contributed by atoms with E-state index in [1.807, 2.05) is 19.2 Å². The van der Waals surface area contributed by atoms with Crippen molar-refractivity contribution in [2.45, 2.75) is 44.9 Å². The smallest absolute Gasteiger partial charge is 0.0560 e. The molecule has 2 rings (SSSR count). The average Bonchev–Trinajstić information content (AvgIpc) is 2.76. The van der Waals surface area contributed by atoms with E-state index >= 15 is 0 Å². The van der Waals surface area contributed by atoms with Crippen LogP contribution in [0.5, 0.6) is 0 Å². The van der Waals surface area contributed by atoms with E-state index in [1.54, 1.807) is 0 Å². The fourth-order valence-electron chi connectivity index (χ4n) is 2.57. The summed E-state index contributed by atoms with van der Waals surface area (Å²) in [7, 11) is 0. The van der Waals surface area contributed by atoms with Crippen LogP contribution in [0.2, 0.25) is 0 Å². The van der Waals surface area contributed by atoms with Crippen molar-refractivity contribution in [2.24, 2.45) is 5.73 Å². The standard InChI is InChI=1S/C13H21N3O/c1-10(17)7-12-3-2-6-16(12)13-4-5-15-11(8-13)9-14/h4-5,8,10,12,17H,2-3,6-7,9,14H2,1H3. The van der Waals surface area contributed by atoms with Gasteiger partial charge in [0.1, 0.15) is 0 Å². The van der Waals surface area contributed by atoms with Gasteiger partial charge in [-0.1, -0.05) is 0 Å². The quantitative estimate of drug-likeness (QED) is 0.825. The van der Waals surface area contributed by atoms with Gasteiger partial charge in [0, 0.05) is 31.0 Å². The molecule has 0 amide bonds. The zero-order chi connectivity index (χ0) is 12.3. The molecule has 0 aliphatic carbocycles. The van der Waals surface area contributed by atoms with Crippen LogP contribution < -0.4 is 10.6 Å². The first-order valence-electron chi connectivity index (χ1n) is 6.30. The van der Waals surface area contributed by atoms with Gasteiger partial charge in [-0.2, -0.15) is 0 Å². The molecule has 1 saturated heterocycles. The zero-order valence-electron chi connectivity index (χ0n) is 10.3. The van der Waals surface area contributed by atoms with E-state index in [4.69, 9.17) is 5.73 Å². The molecule has 0 radical (unpaired) electrons. The molecule has 2 heterocycles. The molecule has 1 fully saturated rings. The van der Waals surface area contributed by atoms with Gasteiger partial charge in [-0.3, -0.25) is 4.98 Å². The van der Waals surface area contributed by atoms with Crippen LogP contribution in [0.1, 0.15) is 31.9 Å². The van der Waals surface area contributed by atoms with Crippen LogP contribution in [0.15, 0.2) is 18.3 Å². The molecular weight excluding hydrogens is 214 g/mol. The molecule has 17 heavy (non-hydrogen) atoms. The van der Waals surface area contributed by atoms with Crippen molar-refractivity contribution < 1.29 is 5.11 Å². The van der Waals surface area contributed by atoms with E-state index in [0.29, 0.717) is 12.6 Å². The van der Waals surface area contributed by atoms with Gasteiger partial charge in [-0.05, 0) is 38.3 Å². The van der Waals surface area contributed by atoms with E-state index in [2.05, 4.69) is 16.0 Å². The highest BCUT2D eigenvalue weighted by molar-refractivity contribution is 5.48. The van der Waals surface area contributed by atoms with Crippen LogP contribution in [0.4, 0.5) is 5.69 Å². The third-order valence-electron chi connectivity index (χ3n) is 3.33. The fraction of sp³-hybridized carbons (Fsp3) is 0.615. The summed E-state index contributed by atoms with van der Waals surface area (Å²) in [5.41, 5.74) is 7.72. The number of rotatable bonds is 4. The van der Waals surface area contributed by atoms with Gasteiger partial charge < -0.3 is 15.7 Å². The molecule has 1 aliphatic rings. The Hall–Kier alpha value is -1.13. The molecule has 3 N–H and O–H groups in total. The minimum atomic E-state index is -0.239. The van der Waals surface area contributed by atoms with E-state index in [-0.39, 0.29) is 6.10 Å². The van der Waals surface area contributed by atoms with Crippen molar-refractivity contribution >= 4 is 5.69 Å². The van der Waals surface area contributed by atoms with Crippen LogP contribution in [0, 0.1) is 0 Å². The number of hydrogen-bond acceptors (Lipinski definition) is 4. The van der Waals surface area contributed by atoms with Crippen molar-refractivity contribution in [3.8, 4) is 0 Å². The first-order valence-corrected chi connectivity index (χ1v) is 6.30. The zero-order valence-corrected chi connectivity index (χ0v) is 10.3. The number of aliphatic hydroxyl groups is 1. The lowest BCUT2D eigenvalue weighted by molar-refractivity contribution is 0.175. The number of aromatic nitrogens is 1. The lowest BCUT2D eigenvalue weighted by Gasteiger charge is -2.28. The molecule has 4 nitrogen and oxygen atoms in total. The van der Waals surface area contributed by atoms with Gasteiger partial charge in [0.2, 0.25) is 0 Å². The summed E-state index contributed by atoms with van der Waals surface area (Å²) in [5, 5.41) is 9.52. The molecule has 0 bridgehead atoms. The third kappa shape index (κ3) is 2.96. The Kier molecular flexibility index (Phi) is 3.97. The first kappa shape index (κ1) is 12.3. The van der Waals surface area contributed by atoms with Crippen molar-refractivity contribution in [1.29, 1.82) is 0 Å². The van der Waals surface area contributed by atoms with E-state index in [0.717, 1.165) is 25.1 Å². The molecule has 0 saturated carbocycles. The topological polar surface area (TPSA) is 62.4 Å². The summed E-state index contributed by atoms with van der Waals surface area (Å²) >= 11 is 0. The lowest BCUT2D eigenvalue weighted by atomic mass is 10.1. The predicted molar refractivity (Wildman–Crippen MR) is 68.8 cm³/mol. The van der Waals surface area contributed by atoms with Gasteiger partial charge in [-0.25, -0.2) is 0 Å². The molecule has 94 valence electrons. The van der Waals surface area contributed by atoms with Crippen LogP contribution in [-0.4, -0.2) is 28.8 Å². The van der Waals surface area contributed by atoms with Crippen LogP contribution in [0.25, 0.3) is 0 Å². The summed E-state index contributed by atoms with van der Waals surface area (Å²) in [6.07, 6.45) is 4.76. The SMILES string of the molecule is CC(O)CC1CCCN1c1ccnc(CN)c1. The van der Waals surface area contributed by atoms with Gasteiger partial charge >= 0.3 is 0 Å². The minimum Gasteiger partial charge on any atom is -0.393 e. The number of nitrogens with two attached hydrogens (primary N) is 1. The van der Waals surface area contributed by atoms with Crippen LogP contribution >= 0.6 is 0 Å². The highest BCUT2D eigenvalue weighted by Gasteiger charge is 2.25. The Balaban J connectivity index is 2.14. The Labute approximate surface area is 102 Å². The van der Waals surface area contributed by atoms with Gasteiger partial charge in [-0.15, -0.1) is 0 Å². The second-order valence-corrected chi connectivity index (χ2v) is 4.78. The normalized spacial score (nSPS) is 21.8. The largest absolute Gasteiger partial charge is 0.393 e. The molecule has 1 aromatic rings. The average molecular weight is 235 g/mol. The second-order valence-electron chi connectivity index (χ2n) is 4.78. The molecule has 1 aliphatic heterocycles. The van der Waals surface area contributed by atoms with Gasteiger partial charge in [0.15, 0.2) is 0 Å². The summed E-state index contributed by atoms with van der Waals surface area (Å²) in [6.45, 7) is 3.39. The van der Waals surface area contributed by atoms with E-state index in [1.165, 1.54) is 12.1 Å². The predicted octanol–water partition coefficient (Wildman–Crippen LogP) is 1.28. The number of hydrogen-bond donors (Lipinski definition) is 2. The maximum absolute atomic E-state index is 9.52. The van der Waals surface area contributed by atoms with Crippen molar-refractivity contribution in [3.63, 3.8) is 0 Å². The molecule has 4 heteroatoms. The maximum Gasteiger partial charge on any atom is 0.0560 e. The van der Waals surface area contributed by atoms with Crippen LogP contribution in [0.3, 0.4) is 0 Å². The molecule has 2 atom stereocenters. The summed E-state index contributed by atoms with van der Waals surface area (Å²) in [4.78, 5) is 6.58. The fourth-order valence-corrected chi connectivity index (χ4v) is 2.57. The molecule has 1 aromatic heterocycles. The van der Waals surface area contributed by atoms with E-state index in [9.17, 15) is 5.11 Å². The van der Waals surface area contributed by atoms with Gasteiger partial charge in [0.25, 0.3) is 0 Å². The van der Waals surface area contributed by atoms with Crippen LogP contribution in [-0.2, 0) is 6.54 Å². The highest BCUT2D eigenvalue weighted by atomic mass is 16.3. The van der Waals surface area contributed by atoms with Gasteiger partial charge in [0.05, 0.1) is 11.8 Å². The second kappa shape index (κ2) is 5.47. The Morgan fingerprint density at radius 3 is 3.18 bits per heavy atom. The Bertz CT molecular complexity index is 367. The van der Waals surface area contributed by atoms with Crippen molar-refractivity contribution in [1.82, 2.24) is 4.98 Å². The molecular formula is C13H21N3O. The Morgan fingerprint density at radius 1 is 1.65 bits per heavy atom. The maximum atomic E-state index is 9.52. The summed E-state index contributed by atoms with van der Waals surface area (Å²) in [5.74, 6) is 0.